The molecule has 0 aromatic heterocycles. The van der Waals surface area contributed by atoms with Crippen LogP contribution in [0.3, 0.4) is 0 Å². The van der Waals surface area contributed by atoms with Crippen molar-refractivity contribution in [1.82, 2.24) is 15.5 Å². The molecular weight excluding hydrogens is 278 g/mol. The van der Waals surface area contributed by atoms with Gasteiger partial charge in [-0.05, 0) is 31.2 Å². The highest BCUT2D eigenvalue weighted by Crippen LogP contribution is 2.10. The first-order valence-electron chi connectivity index (χ1n) is 6.54. The molecule has 0 saturated carbocycles. The Morgan fingerprint density at radius 3 is 2.70 bits per heavy atom. The smallest absolute Gasteiger partial charge is 0.253 e. The predicted molar refractivity (Wildman–Crippen MR) is 80.5 cm³/mol. The van der Waals surface area contributed by atoms with Gasteiger partial charge < -0.3 is 15.5 Å². The summed E-state index contributed by atoms with van der Waals surface area (Å²) in [5.74, 6) is -0.179. The molecule has 1 aliphatic heterocycles. The maximum Gasteiger partial charge on any atom is 0.253 e. The summed E-state index contributed by atoms with van der Waals surface area (Å²) in [7, 11) is 1.58. The molecule has 5 nitrogen and oxygen atoms in total. The van der Waals surface area contributed by atoms with Gasteiger partial charge >= 0.3 is 0 Å². The topological polar surface area (TPSA) is 61.4 Å². The van der Waals surface area contributed by atoms with E-state index in [2.05, 4.69) is 10.6 Å². The highest BCUT2D eigenvalue weighted by atomic mass is 35.5. The van der Waals surface area contributed by atoms with Crippen molar-refractivity contribution in [3.05, 3.63) is 35.4 Å². The second kappa shape index (κ2) is 7.87. The molecule has 1 saturated heterocycles. The maximum absolute atomic E-state index is 12.4. The van der Waals surface area contributed by atoms with Crippen molar-refractivity contribution in [1.29, 1.82) is 0 Å². The van der Waals surface area contributed by atoms with E-state index < -0.39 is 0 Å². The zero-order chi connectivity index (χ0) is 13.7. The molecule has 1 aliphatic rings. The fraction of sp³-hybridized carbons (Fsp3) is 0.429. The van der Waals surface area contributed by atoms with Gasteiger partial charge in [0.1, 0.15) is 0 Å². The lowest BCUT2D eigenvalue weighted by molar-refractivity contribution is 0.0766. The Bertz CT molecular complexity index is 471. The van der Waals surface area contributed by atoms with E-state index in [9.17, 15) is 9.59 Å². The molecule has 1 heterocycles. The maximum atomic E-state index is 12.4. The van der Waals surface area contributed by atoms with Gasteiger partial charge in [0.15, 0.2) is 0 Å². The molecule has 2 rings (SSSR count). The van der Waals surface area contributed by atoms with Crippen molar-refractivity contribution in [3.8, 4) is 0 Å². The standard InChI is InChI=1S/C14H19N3O2.ClH/c1-15-13(18)11-4-2-5-12(10-11)14(19)17-8-3-6-16-7-9-17;/h2,4-5,10,16H,3,6-9H2,1H3,(H,15,18);1H. The second-order valence-corrected chi connectivity index (χ2v) is 4.56. The van der Waals surface area contributed by atoms with Crippen molar-refractivity contribution in [2.45, 2.75) is 6.42 Å². The molecule has 2 N–H and O–H groups in total. The zero-order valence-electron chi connectivity index (χ0n) is 11.5. The average molecular weight is 298 g/mol. The van der Waals surface area contributed by atoms with Crippen LogP contribution in [0.15, 0.2) is 24.3 Å². The largest absolute Gasteiger partial charge is 0.355 e. The van der Waals surface area contributed by atoms with Crippen LogP contribution in [-0.4, -0.2) is 49.9 Å². The number of hydrogen-bond donors (Lipinski definition) is 2. The normalized spacial score (nSPS) is 14.9. The molecule has 20 heavy (non-hydrogen) atoms. The number of hydrogen-bond acceptors (Lipinski definition) is 3. The highest BCUT2D eigenvalue weighted by Gasteiger charge is 2.17. The number of halogens is 1. The fourth-order valence-corrected chi connectivity index (χ4v) is 2.17. The van der Waals surface area contributed by atoms with Crippen molar-refractivity contribution in [3.63, 3.8) is 0 Å². The molecular formula is C14H20ClN3O2. The van der Waals surface area contributed by atoms with E-state index in [1.807, 2.05) is 4.90 Å². The monoisotopic (exact) mass is 297 g/mol. The molecule has 1 aromatic rings. The number of carbonyl (C=O) groups excluding carboxylic acids is 2. The van der Waals surface area contributed by atoms with Crippen molar-refractivity contribution in [2.75, 3.05) is 33.2 Å². The minimum absolute atomic E-state index is 0. The van der Waals surface area contributed by atoms with Crippen LogP contribution in [0.1, 0.15) is 27.1 Å². The van der Waals surface area contributed by atoms with Crippen LogP contribution in [0.4, 0.5) is 0 Å². The minimum Gasteiger partial charge on any atom is -0.355 e. The van der Waals surface area contributed by atoms with E-state index in [-0.39, 0.29) is 24.2 Å². The van der Waals surface area contributed by atoms with Gasteiger partial charge in [-0.2, -0.15) is 0 Å². The SMILES string of the molecule is CNC(=O)c1cccc(C(=O)N2CCCNCC2)c1.Cl. The third kappa shape index (κ3) is 3.95. The first-order valence-corrected chi connectivity index (χ1v) is 6.54. The lowest BCUT2D eigenvalue weighted by Crippen LogP contribution is -2.34. The van der Waals surface area contributed by atoms with E-state index in [0.717, 1.165) is 26.1 Å². The van der Waals surface area contributed by atoms with Crippen LogP contribution < -0.4 is 10.6 Å². The number of benzene rings is 1. The molecule has 1 aromatic carbocycles. The molecule has 0 atom stereocenters. The fourth-order valence-electron chi connectivity index (χ4n) is 2.17. The van der Waals surface area contributed by atoms with Crippen molar-refractivity contribution < 1.29 is 9.59 Å². The molecule has 2 amide bonds. The van der Waals surface area contributed by atoms with Crippen LogP contribution in [0, 0.1) is 0 Å². The molecule has 0 radical (unpaired) electrons. The van der Waals surface area contributed by atoms with Crippen LogP contribution in [-0.2, 0) is 0 Å². The number of rotatable bonds is 2. The van der Waals surface area contributed by atoms with Gasteiger partial charge in [-0.25, -0.2) is 0 Å². The van der Waals surface area contributed by atoms with Gasteiger partial charge in [0, 0.05) is 37.8 Å². The number of nitrogens with one attached hydrogen (secondary N) is 2. The first-order chi connectivity index (χ1) is 9.22. The summed E-state index contributed by atoms with van der Waals surface area (Å²) in [6, 6.07) is 6.86. The summed E-state index contributed by atoms with van der Waals surface area (Å²) in [4.78, 5) is 25.8. The van der Waals surface area contributed by atoms with Gasteiger partial charge in [-0.3, -0.25) is 9.59 Å². The first kappa shape index (κ1) is 16.5. The number of amides is 2. The van der Waals surface area contributed by atoms with Gasteiger partial charge in [-0.1, -0.05) is 6.07 Å². The van der Waals surface area contributed by atoms with E-state index in [4.69, 9.17) is 0 Å². The van der Waals surface area contributed by atoms with E-state index in [1.54, 1.807) is 31.3 Å². The summed E-state index contributed by atoms with van der Waals surface area (Å²) in [6.45, 7) is 3.24. The van der Waals surface area contributed by atoms with E-state index in [1.165, 1.54) is 0 Å². The van der Waals surface area contributed by atoms with Crippen LogP contribution >= 0.6 is 12.4 Å². The van der Waals surface area contributed by atoms with Crippen LogP contribution in [0.2, 0.25) is 0 Å². The molecule has 0 spiro atoms. The van der Waals surface area contributed by atoms with Gasteiger partial charge in [-0.15, -0.1) is 12.4 Å². The van der Waals surface area contributed by atoms with Crippen molar-refractivity contribution in [2.24, 2.45) is 0 Å². The Kier molecular flexibility index (Phi) is 6.48. The van der Waals surface area contributed by atoms with Gasteiger partial charge in [0.25, 0.3) is 11.8 Å². The molecule has 0 bridgehead atoms. The lowest BCUT2D eigenvalue weighted by atomic mass is 10.1. The summed E-state index contributed by atoms with van der Waals surface area (Å²) >= 11 is 0. The predicted octanol–water partition coefficient (Wildman–Crippen LogP) is 0.904. The number of carbonyl (C=O) groups is 2. The van der Waals surface area contributed by atoms with Crippen LogP contribution in [0.25, 0.3) is 0 Å². The summed E-state index contributed by atoms with van der Waals surface area (Å²) in [6.07, 6.45) is 0.959. The molecule has 0 unspecified atom stereocenters. The Labute approximate surface area is 125 Å². The summed E-state index contributed by atoms with van der Waals surface area (Å²) < 4.78 is 0. The Balaban J connectivity index is 0.00000200. The molecule has 6 heteroatoms. The van der Waals surface area contributed by atoms with E-state index in [0.29, 0.717) is 17.7 Å². The van der Waals surface area contributed by atoms with Crippen LogP contribution in [0.5, 0.6) is 0 Å². The van der Waals surface area contributed by atoms with Gasteiger partial charge in [0.05, 0.1) is 0 Å². The third-order valence-corrected chi connectivity index (χ3v) is 3.23. The van der Waals surface area contributed by atoms with E-state index >= 15 is 0 Å². The Morgan fingerprint density at radius 2 is 1.95 bits per heavy atom. The highest BCUT2D eigenvalue weighted by molar-refractivity contribution is 5.99. The Morgan fingerprint density at radius 1 is 1.20 bits per heavy atom. The molecule has 110 valence electrons. The lowest BCUT2D eigenvalue weighted by Gasteiger charge is -2.20. The van der Waals surface area contributed by atoms with Gasteiger partial charge in [0.2, 0.25) is 0 Å². The quantitative estimate of drug-likeness (QED) is 0.853. The second-order valence-electron chi connectivity index (χ2n) is 4.56. The van der Waals surface area contributed by atoms with Crippen molar-refractivity contribution >= 4 is 24.2 Å². The molecule has 0 aliphatic carbocycles. The summed E-state index contributed by atoms with van der Waals surface area (Å²) in [5.41, 5.74) is 1.09. The third-order valence-electron chi connectivity index (χ3n) is 3.23. The zero-order valence-corrected chi connectivity index (χ0v) is 12.3. The molecule has 1 fully saturated rings. The minimum atomic E-state index is -0.174. The summed E-state index contributed by atoms with van der Waals surface area (Å²) in [5, 5.41) is 5.83. The Hall–Kier alpha value is -1.59. The average Bonchev–Trinajstić information content (AvgIpc) is 2.75. The number of nitrogens with zero attached hydrogens (tertiary/aromatic N) is 1.